The molecule has 176 valence electrons. The van der Waals surface area contributed by atoms with Crippen molar-refractivity contribution < 1.29 is 27.2 Å². The van der Waals surface area contributed by atoms with E-state index in [4.69, 9.17) is 5.26 Å². The molecule has 2 fully saturated rings. The van der Waals surface area contributed by atoms with Crippen molar-refractivity contribution in [3.63, 3.8) is 0 Å². The third-order valence-corrected chi connectivity index (χ3v) is 6.35. The third kappa shape index (κ3) is 3.48. The van der Waals surface area contributed by atoms with Gasteiger partial charge in [0, 0.05) is 12.7 Å². The molecule has 0 aromatic heterocycles. The summed E-state index contributed by atoms with van der Waals surface area (Å²) in [6.07, 6.45) is -2.59. The van der Waals surface area contributed by atoms with E-state index in [1.165, 1.54) is 31.3 Å². The van der Waals surface area contributed by atoms with E-state index in [1.807, 2.05) is 0 Å². The summed E-state index contributed by atoms with van der Waals surface area (Å²) in [4.78, 5) is 28.2. The van der Waals surface area contributed by atoms with Crippen LogP contribution < -0.4 is 15.1 Å². The Morgan fingerprint density at radius 1 is 1.15 bits per heavy atom. The van der Waals surface area contributed by atoms with Gasteiger partial charge in [0.25, 0.3) is 11.8 Å². The largest absolute Gasteiger partial charge is 0.417 e. The summed E-state index contributed by atoms with van der Waals surface area (Å²) < 4.78 is 55.4. The predicted octanol–water partition coefficient (Wildman–Crippen LogP) is 4.71. The molecule has 2 aromatic rings. The molecular formula is C24H20F4N4O2. The van der Waals surface area contributed by atoms with Crippen molar-refractivity contribution in [1.29, 1.82) is 5.26 Å². The number of benzene rings is 2. The van der Waals surface area contributed by atoms with Gasteiger partial charge in [-0.15, -0.1) is 0 Å². The summed E-state index contributed by atoms with van der Waals surface area (Å²) in [6.45, 7) is 3.96. The van der Waals surface area contributed by atoms with E-state index in [2.05, 4.69) is 11.9 Å². The Balaban J connectivity index is 1.83. The molecule has 4 rings (SSSR count). The van der Waals surface area contributed by atoms with Crippen molar-refractivity contribution in [2.75, 3.05) is 16.8 Å². The molecular weight excluding hydrogens is 452 g/mol. The molecule has 0 radical (unpaired) electrons. The maximum atomic E-state index is 14.8. The molecule has 0 bridgehead atoms. The van der Waals surface area contributed by atoms with Gasteiger partial charge in [-0.2, -0.15) is 18.4 Å². The molecule has 1 saturated heterocycles. The number of nitriles is 1. The van der Waals surface area contributed by atoms with Crippen molar-refractivity contribution in [2.24, 2.45) is 0 Å². The van der Waals surface area contributed by atoms with Crippen molar-refractivity contribution in [1.82, 2.24) is 5.32 Å². The van der Waals surface area contributed by atoms with Crippen molar-refractivity contribution in [3.8, 4) is 6.07 Å². The zero-order valence-corrected chi connectivity index (χ0v) is 18.2. The fourth-order valence-electron chi connectivity index (χ4n) is 4.79. The number of nitrogens with one attached hydrogen (secondary N) is 1. The monoisotopic (exact) mass is 472 g/mol. The number of anilines is 2. The molecule has 1 heterocycles. The first-order valence-corrected chi connectivity index (χ1v) is 10.5. The first-order valence-electron chi connectivity index (χ1n) is 10.5. The van der Waals surface area contributed by atoms with Gasteiger partial charge in [-0.25, -0.2) is 4.39 Å². The Labute approximate surface area is 193 Å². The van der Waals surface area contributed by atoms with Crippen LogP contribution in [-0.4, -0.2) is 24.4 Å². The van der Waals surface area contributed by atoms with Crippen molar-refractivity contribution >= 4 is 23.2 Å². The molecule has 2 aromatic carbocycles. The molecule has 6 nitrogen and oxygen atoms in total. The highest BCUT2D eigenvalue weighted by Gasteiger charge is 2.56. The van der Waals surface area contributed by atoms with Crippen LogP contribution in [0.3, 0.4) is 0 Å². The number of nitrogens with zero attached hydrogens (tertiary/aromatic N) is 3. The zero-order valence-electron chi connectivity index (χ0n) is 18.2. The lowest BCUT2D eigenvalue weighted by Crippen LogP contribution is -2.46. The summed E-state index contributed by atoms with van der Waals surface area (Å²) in [5, 5.41) is 11.4. The second kappa shape index (κ2) is 8.17. The first-order chi connectivity index (χ1) is 16.0. The highest BCUT2D eigenvalue weighted by Crippen LogP contribution is 2.49. The molecule has 2 amide bonds. The van der Waals surface area contributed by atoms with Gasteiger partial charge < -0.3 is 10.2 Å². The van der Waals surface area contributed by atoms with E-state index in [9.17, 15) is 27.2 Å². The van der Waals surface area contributed by atoms with E-state index < -0.39 is 40.5 Å². The van der Waals surface area contributed by atoms with Gasteiger partial charge in [0.2, 0.25) is 0 Å². The Bertz CT molecular complexity index is 1240. The molecule has 10 heteroatoms. The third-order valence-electron chi connectivity index (χ3n) is 6.35. The fraction of sp³-hybridized carbons (Fsp3) is 0.292. The van der Waals surface area contributed by atoms with Crippen LogP contribution in [-0.2, 0) is 11.0 Å². The number of hydrogen-bond acceptors (Lipinski definition) is 4. The number of hydrogen-bond donors (Lipinski definition) is 1. The van der Waals surface area contributed by atoms with Gasteiger partial charge in [0.15, 0.2) is 0 Å². The molecule has 2 aliphatic rings. The topological polar surface area (TPSA) is 76.4 Å². The molecule has 1 spiro atoms. The molecule has 0 unspecified atom stereocenters. The zero-order chi connectivity index (χ0) is 24.8. The summed E-state index contributed by atoms with van der Waals surface area (Å²) in [7, 11) is 1.37. The minimum atomic E-state index is -4.80. The normalized spacial score (nSPS) is 17.4. The number of carbonyl (C=O) groups excluding carboxylic acids is 2. The van der Waals surface area contributed by atoms with Crippen LogP contribution in [0.2, 0.25) is 0 Å². The maximum absolute atomic E-state index is 14.8. The summed E-state index contributed by atoms with van der Waals surface area (Å²) >= 11 is 0. The highest BCUT2D eigenvalue weighted by atomic mass is 19.4. The number of halogens is 4. The Morgan fingerprint density at radius 2 is 1.79 bits per heavy atom. The number of rotatable bonds is 3. The average Bonchev–Trinajstić information content (AvgIpc) is 3.36. The van der Waals surface area contributed by atoms with Gasteiger partial charge >= 0.3 is 6.18 Å². The minimum absolute atomic E-state index is 0.0665. The van der Waals surface area contributed by atoms with Gasteiger partial charge in [-0.3, -0.25) is 14.5 Å². The van der Waals surface area contributed by atoms with Crippen LogP contribution >= 0.6 is 0 Å². The second-order valence-corrected chi connectivity index (χ2v) is 8.21. The van der Waals surface area contributed by atoms with Crippen molar-refractivity contribution in [2.45, 2.75) is 37.4 Å². The lowest BCUT2D eigenvalue weighted by Gasteiger charge is -2.33. The Morgan fingerprint density at radius 3 is 2.35 bits per heavy atom. The Hall–Kier alpha value is -3.87. The first kappa shape index (κ1) is 23.3. The lowest BCUT2D eigenvalue weighted by molar-refractivity contribution is -0.137. The second-order valence-electron chi connectivity index (χ2n) is 8.21. The van der Waals surface area contributed by atoms with Crippen LogP contribution in [0.25, 0.3) is 0 Å². The SMILES string of the molecule is C=C1N(c2ccc(C#N)c(C(F)(F)F)c2)C(=O)C2(CCCC2)N1c1ccc(C(=O)NC)c(F)c1. The Kier molecular flexibility index (Phi) is 5.59. The quantitative estimate of drug-likeness (QED) is 0.657. The van der Waals surface area contributed by atoms with Crippen LogP contribution in [0.4, 0.5) is 28.9 Å². The molecule has 1 N–H and O–H groups in total. The van der Waals surface area contributed by atoms with E-state index in [0.717, 1.165) is 23.1 Å². The van der Waals surface area contributed by atoms with Gasteiger partial charge in [0.05, 0.1) is 28.4 Å². The molecule has 1 aliphatic carbocycles. The smallest absolute Gasteiger partial charge is 0.355 e. The predicted molar refractivity (Wildman–Crippen MR) is 116 cm³/mol. The summed E-state index contributed by atoms with van der Waals surface area (Å²) in [5.41, 5.74) is -2.86. The number of amides is 2. The van der Waals surface area contributed by atoms with Crippen LogP contribution in [0.5, 0.6) is 0 Å². The molecule has 1 saturated carbocycles. The average molecular weight is 472 g/mol. The molecule has 1 aliphatic heterocycles. The van der Waals surface area contributed by atoms with Crippen LogP contribution in [0.15, 0.2) is 48.8 Å². The fourth-order valence-corrected chi connectivity index (χ4v) is 4.79. The van der Waals surface area contributed by atoms with Crippen LogP contribution in [0, 0.1) is 17.1 Å². The van der Waals surface area contributed by atoms with Crippen LogP contribution in [0.1, 0.15) is 47.2 Å². The highest BCUT2D eigenvalue weighted by molar-refractivity contribution is 6.10. The number of alkyl halides is 3. The van der Waals surface area contributed by atoms with E-state index in [-0.39, 0.29) is 22.8 Å². The van der Waals surface area contributed by atoms with E-state index in [1.54, 1.807) is 4.90 Å². The van der Waals surface area contributed by atoms with Crippen molar-refractivity contribution in [3.05, 3.63) is 71.3 Å². The summed E-state index contributed by atoms with van der Waals surface area (Å²) in [5.74, 6) is -1.82. The van der Waals surface area contributed by atoms with E-state index in [0.29, 0.717) is 25.7 Å². The van der Waals surface area contributed by atoms with E-state index >= 15 is 0 Å². The minimum Gasteiger partial charge on any atom is -0.355 e. The van der Waals surface area contributed by atoms with Gasteiger partial charge in [-0.05, 0) is 49.2 Å². The lowest BCUT2D eigenvalue weighted by atomic mass is 9.94. The standard InChI is InChI=1S/C24H20F4N4O2/c1-14-31(16-6-5-15(13-29)19(11-16)24(26,27)28)22(34)23(9-3-4-10-23)32(14)17-7-8-18(20(25)12-17)21(33)30-2/h5-8,11-12H,1,3-4,9-10H2,2H3,(H,30,33). The molecule has 34 heavy (non-hydrogen) atoms. The summed E-state index contributed by atoms with van der Waals surface area (Å²) in [6, 6.07) is 8.44. The van der Waals surface area contributed by atoms with Gasteiger partial charge in [-0.1, -0.05) is 19.4 Å². The number of carbonyl (C=O) groups is 2. The maximum Gasteiger partial charge on any atom is 0.417 e. The molecule has 0 atom stereocenters. The van der Waals surface area contributed by atoms with Gasteiger partial charge in [0.1, 0.15) is 17.2 Å².